The van der Waals surface area contributed by atoms with E-state index >= 15 is 0 Å². The molecule has 4 heteroatoms. The lowest BCUT2D eigenvalue weighted by molar-refractivity contribution is -0.123. The molecule has 0 aromatic carbocycles. The van der Waals surface area contributed by atoms with Crippen molar-refractivity contribution in [2.75, 3.05) is 7.05 Å². The van der Waals surface area contributed by atoms with Crippen molar-refractivity contribution in [1.29, 1.82) is 0 Å². The Kier molecular flexibility index (Phi) is 5.40. The van der Waals surface area contributed by atoms with E-state index in [1.54, 1.807) is 6.92 Å². The number of nitrogens with two attached hydrogens (primary N) is 1. The number of nitrogens with one attached hydrogen (secondary N) is 1. The van der Waals surface area contributed by atoms with Crippen LogP contribution >= 0.6 is 0 Å². The number of hydrogen-bond acceptors (Lipinski definition) is 3. The van der Waals surface area contributed by atoms with Crippen LogP contribution in [-0.4, -0.2) is 42.0 Å². The summed E-state index contributed by atoms with van der Waals surface area (Å²) in [5, 5.41) is 3.10. The molecular formula is C13H27N3O. The van der Waals surface area contributed by atoms with E-state index in [0.29, 0.717) is 12.1 Å². The Balaban J connectivity index is 2.62. The highest BCUT2D eigenvalue weighted by Crippen LogP contribution is 2.23. The maximum Gasteiger partial charge on any atom is 0.236 e. The summed E-state index contributed by atoms with van der Waals surface area (Å²) >= 11 is 0. The summed E-state index contributed by atoms with van der Waals surface area (Å²) in [5.41, 5.74) is 5.61. The van der Waals surface area contributed by atoms with Crippen LogP contribution < -0.4 is 11.1 Å². The molecule has 0 heterocycles. The first-order valence-corrected chi connectivity index (χ1v) is 6.71. The van der Waals surface area contributed by atoms with Crippen molar-refractivity contribution in [1.82, 2.24) is 10.2 Å². The predicted molar refractivity (Wildman–Crippen MR) is 70.7 cm³/mol. The number of nitrogens with zero attached hydrogens (tertiary/aromatic N) is 1. The molecule has 0 aromatic rings. The van der Waals surface area contributed by atoms with Gasteiger partial charge in [-0.3, -0.25) is 9.69 Å². The summed E-state index contributed by atoms with van der Waals surface area (Å²) in [6, 6.07) is 0.802. The van der Waals surface area contributed by atoms with Gasteiger partial charge >= 0.3 is 0 Å². The molecule has 0 radical (unpaired) electrons. The van der Waals surface area contributed by atoms with E-state index in [-0.39, 0.29) is 11.9 Å². The number of rotatable bonds is 4. The molecule has 0 spiro atoms. The molecule has 1 rings (SSSR count). The highest BCUT2D eigenvalue weighted by Gasteiger charge is 2.30. The van der Waals surface area contributed by atoms with Crippen LogP contribution in [0.4, 0.5) is 0 Å². The fourth-order valence-electron chi connectivity index (χ4n) is 2.46. The second-order valence-electron chi connectivity index (χ2n) is 5.51. The minimum absolute atomic E-state index is 0.0287. The highest BCUT2D eigenvalue weighted by atomic mass is 16.2. The van der Waals surface area contributed by atoms with Gasteiger partial charge in [0.05, 0.1) is 6.04 Å². The lowest BCUT2D eigenvalue weighted by Crippen LogP contribution is -2.56. The number of amides is 1. The quantitative estimate of drug-likeness (QED) is 0.775. The molecule has 0 aromatic heterocycles. The molecule has 1 aliphatic carbocycles. The summed E-state index contributed by atoms with van der Waals surface area (Å²) in [6.07, 6.45) is 4.69. The molecular weight excluding hydrogens is 214 g/mol. The first-order chi connectivity index (χ1) is 7.93. The van der Waals surface area contributed by atoms with Crippen LogP contribution in [0.25, 0.3) is 0 Å². The van der Waals surface area contributed by atoms with Crippen LogP contribution in [-0.2, 0) is 4.79 Å². The molecule has 0 aliphatic heterocycles. The summed E-state index contributed by atoms with van der Waals surface area (Å²) in [4.78, 5) is 14.1. The molecule has 17 heavy (non-hydrogen) atoms. The van der Waals surface area contributed by atoms with Crippen LogP contribution in [0.5, 0.6) is 0 Å². The van der Waals surface area contributed by atoms with Crippen molar-refractivity contribution in [3.63, 3.8) is 0 Å². The van der Waals surface area contributed by atoms with Crippen LogP contribution in [0.3, 0.4) is 0 Å². The molecule has 1 fully saturated rings. The van der Waals surface area contributed by atoms with Gasteiger partial charge in [-0.1, -0.05) is 12.8 Å². The fourth-order valence-corrected chi connectivity index (χ4v) is 2.46. The van der Waals surface area contributed by atoms with Gasteiger partial charge in [0.25, 0.3) is 0 Å². The van der Waals surface area contributed by atoms with Crippen LogP contribution in [0.1, 0.15) is 46.5 Å². The smallest absolute Gasteiger partial charge is 0.236 e. The molecule has 3 N–H and O–H groups in total. The molecule has 3 atom stereocenters. The Bertz CT molecular complexity index is 253. The average molecular weight is 241 g/mol. The van der Waals surface area contributed by atoms with Crippen LogP contribution in [0.2, 0.25) is 0 Å². The number of hydrogen-bond donors (Lipinski definition) is 2. The van der Waals surface area contributed by atoms with Gasteiger partial charge in [-0.05, 0) is 40.7 Å². The zero-order valence-corrected chi connectivity index (χ0v) is 11.6. The average Bonchev–Trinajstić information content (AvgIpc) is 2.28. The maximum atomic E-state index is 11.7. The number of carbonyl (C=O) groups is 1. The molecule has 0 unspecified atom stereocenters. The van der Waals surface area contributed by atoms with Crippen molar-refractivity contribution in [3.05, 3.63) is 0 Å². The number of likely N-dealkylation sites (N-methyl/N-ethyl adjacent to an activating group) is 1. The lowest BCUT2D eigenvalue weighted by atomic mass is 9.88. The highest BCUT2D eigenvalue weighted by molar-refractivity contribution is 5.81. The van der Waals surface area contributed by atoms with Gasteiger partial charge in [-0.2, -0.15) is 0 Å². The van der Waals surface area contributed by atoms with E-state index in [9.17, 15) is 4.79 Å². The van der Waals surface area contributed by atoms with Gasteiger partial charge in [0.1, 0.15) is 0 Å². The molecule has 100 valence electrons. The largest absolute Gasteiger partial charge is 0.350 e. The predicted octanol–water partition coefficient (Wildman–Crippen LogP) is 1.10. The molecule has 4 nitrogen and oxygen atoms in total. The summed E-state index contributed by atoms with van der Waals surface area (Å²) in [6.45, 7) is 6.12. The third-order valence-electron chi connectivity index (χ3n) is 3.81. The standard InChI is InChI=1S/C13H27N3O/c1-9(2)16(4)12-8-6-5-7-11(12)15-13(17)10(3)14/h9-12H,5-8,14H2,1-4H3,(H,15,17)/t10-,11-,12+/m0/s1. The van der Waals surface area contributed by atoms with E-state index in [0.717, 1.165) is 6.42 Å². The molecule has 1 saturated carbocycles. The second-order valence-corrected chi connectivity index (χ2v) is 5.51. The van der Waals surface area contributed by atoms with Crippen molar-refractivity contribution in [2.24, 2.45) is 5.73 Å². The minimum atomic E-state index is -0.415. The van der Waals surface area contributed by atoms with Crippen LogP contribution in [0.15, 0.2) is 0 Å². The normalized spacial score (nSPS) is 27.2. The zero-order valence-electron chi connectivity index (χ0n) is 11.6. The van der Waals surface area contributed by atoms with E-state index in [2.05, 4.69) is 31.1 Å². The maximum absolute atomic E-state index is 11.7. The first-order valence-electron chi connectivity index (χ1n) is 6.71. The fraction of sp³-hybridized carbons (Fsp3) is 0.923. The third-order valence-corrected chi connectivity index (χ3v) is 3.81. The Morgan fingerprint density at radius 1 is 1.29 bits per heavy atom. The molecule has 1 aliphatic rings. The Labute approximate surface area is 105 Å². The third kappa shape index (κ3) is 3.96. The van der Waals surface area contributed by atoms with Gasteiger partial charge in [-0.15, -0.1) is 0 Å². The molecule has 1 amide bonds. The van der Waals surface area contributed by atoms with E-state index < -0.39 is 6.04 Å². The summed E-state index contributed by atoms with van der Waals surface area (Å²) in [5.74, 6) is -0.0287. The van der Waals surface area contributed by atoms with E-state index in [1.165, 1.54) is 19.3 Å². The van der Waals surface area contributed by atoms with Crippen molar-refractivity contribution in [2.45, 2.75) is 70.6 Å². The van der Waals surface area contributed by atoms with Crippen molar-refractivity contribution >= 4 is 5.91 Å². The zero-order chi connectivity index (χ0) is 13.0. The summed E-state index contributed by atoms with van der Waals surface area (Å²) in [7, 11) is 2.14. The van der Waals surface area contributed by atoms with E-state index in [1.807, 2.05) is 0 Å². The van der Waals surface area contributed by atoms with Gasteiger partial charge < -0.3 is 11.1 Å². The minimum Gasteiger partial charge on any atom is -0.350 e. The molecule has 0 bridgehead atoms. The van der Waals surface area contributed by atoms with Crippen LogP contribution in [0, 0.1) is 0 Å². The Morgan fingerprint density at radius 2 is 1.88 bits per heavy atom. The lowest BCUT2D eigenvalue weighted by Gasteiger charge is -2.40. The second kappa shape index (κ2) is 6.36. The molecule has 0 saturated heterocycles. The van der Waals surface area contributed by atoms with Gasteiger partial charge in [0, 0.05) is 18.1 Å². The van der Waals surface area contributed by atoms with Gasteiger partial charge in [0.2, 0.25) is 5.91 Å². The van der Waals surface area contributed by atoms with Gasteiger partial charge in [-0.25, -0.2) is 0 Å². The van der Waals surface area contributed by atoms with Crippen molar-refractivity contribution in [3.8, 4) is 0 Å². The summed E-state index contributed by atoms with van der Waals surface area (Å²) < 4.78 is 0. The van der Waals surface area contributed by atoms with Crippen molar-refractivity contribution < 1.29 is 4.79 Å². The van der Waals surface area contributed by atoms with E-state index in [4.69, 9.17) is 5.73 Å². The Morgan fingerprint density at radius 3 is 2.41 bits per heavy atom. The monoisotopic (exact) mass is 241 g/mol. The Hall–Kier alpha value is -0.610. The first kappa shape index (κ1) is 14.5. The number of carbonyl (C=O) groups excluding carboxylic acids is 1. The topological polar surface area (TPSA) is 58.4 Å². The SMILES string of the molecule is CC(C)N(C)[C@@H]1CCCC[C@@H]1NC(=O)[C@H](C)N. The van der Waals surface area contributed by atoms with Gasteiger partial charge in [0.15, 0.2) is 0 Å².